The molecule has 1 fully saturated rings. The van der Waals surface area contributed by atoms with Crippen molar-refractivity contribution in [1.82, 2.24) is 19.8 Å². The number of aromatic amines is 1. The van der Waals surface area contributed by atoms with Gasteiger partial charge in [-0.3, -0.25) is 19.1 Å². The average molecular weight is 524 g/mol. The van der Waals surface area contributed by atoms with Crippen LogP contribution in [0.2, 0.25) is 0 Å². The molecule has 1 atom stereocenters. The van der Waals surface area contributed by atoms with Crippen LogP contribution in [-0.4, -0.2) is 72.2 Å². The number of benzene rings is 2. The number of carbonyl (C=O) groups excluding carboxylic acids is 2. The van der Waals surface area contributed by atoms with Crippen molar-refractivity contribution in [1.29, 1.82) is 0 Å². The Morgan fingerprint density at radius 2 is 2.00 bits per heavy atom. The molecule has 2 N–H and O–H groups in total. The molecular formula is C27H33N5O4S. The molecule has 0 bridgehead atoms. The predicted octanol–water partition coefficient (Wildman–Crippen LogP) is 2.87. The topological polar surface area (TPSA) is 99.7 Å². The first-order chi connectivity index (χ1) is 17.8. The second-order valence-electron chi connectivity index (χ2n) is 9.46. The lowest BCUT2D eigenvalue weighted by Crippen LogP contribution is -2.52. The van der Waals surface area contributed by atoms with Gasteiger partial charge in [0.15, 0.2) is 4.77 Å². The summed E-state index contributed by atoms with van der Waals surface area (Å²) in [6.07, 6.45) is 0.818. The van der Waals surface area contributed by atoms with Crippen LogP contribution in [0.1, 0.15) is 29.3 Å². The van der Waals surface area contributed by atoms with Gasteiger partial charge in [-0.15, -0.1) is 0 Å². The molecular weight excluding hydrogens is 490 g/mol. The van der Waals surface area contributed by atoms with Crippen LogP contribution >= 0.6 is 12.2 Å². The second-order valence-corrected chi connectivity index (χ2v) is 9.85. The van der Waals surface area contributed by atoms with Crippen LogP contribution in [-0.2, 0) is 16.1 Å². The summed E-state index contributed by atoms with van der Waals surface area (Å²) in [4.78, 5) is 45.0. The van der Waals surface area contributed by atoms with Crippen LogP contribution < -0.4 is 15.8 Å². The minimum absolute atomic E-state index is 0.120. The van der Waals surface area contributed by atoms with Gasteiger partial charge >= 0.3 is 5.97 Å². The number of methoxy groups -OCH3 is 1. The van der Waals surface area contributed by atoms with Crippen molar-refractivity contribution in [3.63, 3.8) is 0 Å². The van der Waals surface area contributed by atoms with Crippen LogP contribution in [0.5, 0.6) is 0 Å². The number of amides is 1. The van der Waals surface area contributed by atoms with E-state index in [-0.39, 0.29) is 22.8 Å². The normalized spacial score (nSPS) is 16.1. The van der Waals surface area contributed by atoms with Crippen LogP contribution in [0.15, 0.2) is 47.3 Å². The van der Waals surface area contributed by atoms with Crippen molar-refractivity contribution in [2.45, 2.75) is 32.9 Å². The molecule has 0 spiro atoms. The first-order valence-corrected chi connectivity index (χ1v) is 12.8. The minimum atomic E-state index is -0.507. The number of hydrogen-bond acceptors (Lipinski definition) is 7. The third-order valence-electron chi connectivity index (χ3n) is 6.72. The highest BCUT2D eigenvalue weighted by atomic mass is 32.1. The maximum absolute atomic E-state index is 12.9. The fraction of sp³-hybridized carbons (Fsp3) is 0.407. The van der Waals surface area contributed by atoms with Gasteiger partial charge < -0.3 is 19.9 Å². The third-order valence-corrected chi connectivity index (χ3v) is 7.05. The smallest absolute Gasteiger partial charge is 0.337 e. The van der Waals surface area contributed by atoms with Crippen LogP contribution in [0, 0.1) is 11.7 Å². The van der Waals surface area contributed by atoms with E-state index >= 15 is 0 Å². The van der Waals surface area contributed by atoms with E-state index in [4.69, 9.17) is 17.0 Å². The van der Waals surface area contributed by atoms with E-state index in [1.165, 1.54) is 41.1 Å². The molecule has 2 aromatic carbocycles. The number of nitrogens with zero attached hydrogens (tertiary/aromatic N) is 3. The number of carbonyl (C=O) groups is 2. The van der Waals surface area contributed by atoms with Gasteiger partial charge in [-0.05, 0) is 74.9 Å². The molecule has 1 saturated heterocycles. The standard InChI is InChI=1S/C27H33N5O4S/c1-18-6-4-7-21(14-18)31-13-12-30(16-19(31)2)11-5-10-28-24(33)17-32-25(34)22-9-8-20(26(35)36-3)15-23(22)29-27(32)37/h4,6-9,14-15,19H,5,10-13,16-17H2,1-3H3,(H,28,33)(H,29,37)/t19-/m1/s1. The lowest BCUT2D eigenvalue weighted by atomic mass is 10.1. The molecule has 9 nitrogen and oxygen atoms in total. The van der Waals surface area contributed by atoms with E-state index in [9.17, 15) is 14.4 Å². The molecule has 4 rings (SSSR count). The van der Waals surface area contributed by atoms with Crippen molar-refractivity contribution in [3.05, 3.63) is 68.7 Å². The van der Waals surface area contributed by atoms with E-state index in [0.717, 1.165) is 32.6 Å². The van der Waals surface area contributed by atoms with Gasteiger partial charge in [0, 0.05) is 37.9 Å². The van der Waals surface area contributed by atoms with Crippen molar-refractivity contribution in [2.24, 2.45) is 0 Å². The third kappa shape index (κ3) is 6.26. The molecule has 1 amide bonds. The number of ether oxygens (including phenoxy) is 1. The summed E-state index contributed by atoms with van der Waals surface area (Å²) >= 11 is 5.31. The molecule has 196 valence electrons. The van der Waals surface area contributed by atoms with Gasteiger partial charge in [0.2, 0.25) is 5.91 Å². The van der Waals surface area contributed by atoms with Gasteiger partial charge in [0.1, 0.15) is 6.54 Å². The molecule has 0 saturated carbocycles. The number of hydrogen-bond donors (Lipinski definition) is 2. The summed E-state index contributed by atoms with van der Waals surface area (Å²) in [5.74, 6) is -0.780. The Hall–Kier alpha value is -3.50. The number of anilines is 1. The Morgan fingerprint density at radius 3 is 2.73 bits per heavy atom. The van der Waals surface area contributed by atoms with E-state index in [0.29, 0.717) is 29.1 Å². The number of fused-ring (bicyclic) bond motifs is 1. The SMILES string of the molecule is COC(=O)c1ccc2c(=O)n(CC(=O)NCCCN3CCN(c4cccc(C)c4)[C@H](C)C3)c(=S)[nH]c2c1. The zero-order valence-corrected chi connectivity index (χ0v) is 22.3. The first-order valence-electron chi connectivity index (χ1n) is 12.4. The predicted molar refractivity (Wildman–Crippen MR) is 147 cm³/mol. The Morgan fingerprint density at radius 1 is 1.19 bits per heavy atom. The van der Waals surface area contributed by atoms with Crippen molar-refractivity contribution < 1.29 is 14.3 Å². The fourth-order valence-corrected chi connectivity index (χ4v) is 5.06. The van der Waals surface area contributed by atoms with E-state index < -0.39 is 5.97 Å². The summed E-state index contributed by atoms with van der Waals surface area (Å²) < 4.78 is 6.07. The summed E-state index contributed by atoms with van der Waals surface area (Å²) in [6.45, 7) is 8.53. The maximum Gasteiger partial charge on any atom is 0.337 e. The summed E-state index contributed by atoms with van der Waals surface area (Å²) in [6, 6.07) is 13.6. The van der Waals surface area contributed by atoms with E-state index in [1.807, 2.05) is 0 Å². The Balaban J connectivity index is 1.27. The van der Waals surface area contributed by atoms with Crippen LogP contribution in [0.3, 0.4) is 0 Å². The maximum atomic E-state index is 12.9. The number of H-pyrrole nitrogens is 1. The quantitative estimate of drug-likeness (QED) is 0.266. The summed E-state index contributed by atoms with van der Waals surface area (Å²) in [5.41, 5.74) is 2.88. The highest BCUT2D eigenvalue weighted by Gasteiger charge is 2.23. The monoisotopic (exact) mass is 523 g/mol. The first kappa shape index (κ1) is 26.6. The molecule has 1 aliphatic heterocycles. The van der Waals surface area contributed by atoms with E-state index in [2.05, 4.69) is 58.2 Å². The van der Waals surface area contributed by atoms with Gasteiger partial charge in [-0.2, -0.15) is 0 Å². The summed E-state index contributed by atoms with van der Waals surface area (Å²) in [7, 11) is 1.29. The Labute approximate surface area is 221 Å². The van der Waals surface area contributed by atoms with Gasteiger partial charge in [-0.25, -0.2) is 4.79 Å². The van der Waals surface area contributed by atoms with Crippen LogP contribution in [0.25, 0.3) is 10.9 Å². The zero-order chi connectivity index (χ0) is 26.5. The van der Waals surface area contributed by atoms with Crippen molar-refractivity contribution in [2.75, 3.05) is 44.7 Å². The minimum Gasteiger partial charge on any atom is -0.465 e. The fourth-order valence-electron chi connectivity index (χ4n) is 4.80. The lowest BCUT2D eigenvalue weighted by molar-refractivity contribution is -0.121. The molecule has 0 unspecified atom stereocenters. The van der Waals surface area contributed by atoms with Gasteiger partial charge in [-0.1, -0.05) is 12.1 Å². The second kappa shape index (κ2) is 11.7. The zero-order valence-electron chi connectivity index (χ0n) is 21.5. The molecule has 0 aliphatic carbocycles. The molecule has 2 heterocycles. The Bertz CT molecular complexity index is 1420. The highest BCUT2D eigenvalue weighted by Crippen LogP contribution is 2.21. The van der Waals surface area contributed by atoms with E-state index in [1.54, 1.807) is 0 Å². The molecule has 1 aliphatic rings. The largest absolute Gasteiger partial charge is 0.465 e. The van der Waals surface area contributed by atoms with Crippen LogP contribution in [0.4, 0.5) is 5.69 Å². The molecule has 1 aromatic heterocycles. The van der Waals surface area contributed by atoms with Gasteiger partial charge in [0.25, 0.3) is 5.56 Å². The molecule has 10 heteroatoms. The average Bonchev–Trinajstić information content (AvgIpc) is 2.88. The summed E-state index contributed by atoms with van der Waals surface area (Å²) in [5, 5.41) is 3.24. The lowest BCUT2D eigenvalue weighted by Gasteiger charge is -2.41. The molecule has 3 aromatic rings. The number of aromatic nitrogens is 2. The number of rotatable bonds is 8. The number of nitrogens with one attached hydrogen (secondary N) is 2. The molecule has 0 radical (unpaired) electrons. The number of aryl methyl sites for hydroxylation is 1. The molecule has 37 heavy (non-hydrogen) atoms. The van der Waals surface area contributed by atoms with Gasteiger partial charge in [0.05, 0.1) is 23.6 Å². The van der Waals surface area contributed by atoms with Crippen molar-refractivity contribution >= 4 is 40.7 Å². The Kier molecular flexibility index (Phi) is 8.40. The number of esters is 1. The number of piperazine rings is 1. The van der Waals surface area contributed by atoms with Crippen molar-refractivity contribution in [3.8, 4) is 0 Å². The highest BCUT2D eigenvalue weighted by molar-refractivity contribution is 7.71.